The van der Waals surface area contributed by atoms with E-state index in [2.05, 4.69) is 29.2 Å². The maximum absolute atomic E-state index is 5.42. The van der Waals surface area contributed by atoms with E-state index in [9.17, 15) is 0 Å². The van der Waals surface area contributed by atoms with E-state index in [0.29, 0.717) is 0 Å². The second-order valence-electron chi connectivity index (χ2n) is 4.17. The summed E-state index contributed by atoms with van der Waals surface area (Å²) < 4.78 is 5.42. The minimum Gasteiger partial charge on any atom is -0.464 e. The lowest BCUT2D eigenvalue weighted by molar-refractivity contribution is 0.616. The summed E-state index contributed by atoms with van der Waals surface area (Å²) in [6.07, 6.45) is 3.56. The topological polar surface area (TPSA) is 26.0 Å². The third-order valence-corrected chi connectivity index (χ3v) is 3.17. The monoisotopic (exact) mass is 255 g/mol. The number of benzene rings is 2. The molecule has 2 aromatic heterocycles. The third-order valence-electron chi connectivity index (χ3n) is 3.17. The molecule has 0 bridgehead atoms. The van der Waals surface area contributed by atoms with Gasteiger partial charge in [-0.15, -0.1) is 12.4 Å². The maximum Gasteiger partial charge on any atom is 0.134 e. The van der Waals surface area contributed by atoms with Crippen LogP contribution in [0.15, 0.2) is 59.3 Å². The zero-order valence-electron chi connectivity index (χ0n) is 9.46. The number of hydrogen-bond acceptors (Lipinski definition) is 2. The molecule has 3 heteroatoms. The van der Waals surface area contributed by atoms with Crippen LogP contribution >= 0.6 is 12.4 Å². The van der Waals surface area contributed by atoms with Crippen LogP contribution in [0, 0.1) is 0 Å². The van der Waals surface area contributed by atoms with E-state index in [4.69, 9.17) is 4.42 Å². The van der Waals surface area contributed by atoms with E-state index in [1.54, 1.807) is 6.26 Å². The molecule has 0 saturated carbocycles. The number of rotatable bonds is 0. The van der Waals surface area contributed by atoms with Gasteiger partial charge in [0.1, 0.15) is 5.58 Å². The van der Waals surface area contributed by atoms with Gasteiger partial charge in [-0.1, -0.05) is 12.1 Å². The standard InChI is InChI=1S/C15H9NO.ClH/c1-2-11-8-13-10(9-14(11)16-6-1)3-4-15-12(13)5-7-17-15;/h1-9H;1H. The molecule has 0 fully saturated rings. The highest BCUT2D eigenvalue weighted by Gasteiger charge is 2.04. The van der Waals surface area contributed by atoms with E-state index < -0.39 is 0 Å². The average molecular weight is 256 g/mol. The first kappa shape index (κ1) is 11.1. The van der Waals surface area contributed by atoms with Crippen molar-refractivity contribution >= 4 is 45.1 Å². The molecule has 2 nitrogen and oxygen atoms in total. The lowest BCUT2D eigenvalue weighted by Crippen LogP contribution is -1.79. The summed E-state index contributed by atoms with van der Waals surface area (Å²) in [6, 6.07) is 14.4. The summed E-state index contributed by atoms with van der Waals surface area (Å²) in [5.74, 6) is 0. The van der Waals surface area contributed by atoms with Crippen molar-refractivity contribution in [3.05, 3.63) is 54.9 Å². The van der Waals surface area contributed by atoms with Crippen LogP contribution in [0.2, 0.25) is 0 Å². The number of pyridine rings is 1. The first-order valence-corrected chi connectivity index (χ1v) is 5.56. The fourth-order valence-corrected chi connectivity index (χ4v) is 2.35. The highest BCUT2D eigenvalue weighted by Crippen LogP contribution is 2.29. The van der Waals surface area contributed by atoms with Gasteiger partial charge in [-0.25, -0.2) is 0 Å². The summed E-state index contributed by atoms with van der Waals surface area (Å²) in [4.78, 5) is 4.38. The zero-order valence-corrected chi connectivity index (χ0v) is 10.3. The number of hydrogen-bond donors (Lipinski definition) is 0. The molecule has 4 rings (SSSR count). The molecule has 2 heterocycles. The van der Waals surface area contributed by atoms with Crippen LogP contribution in [0.5, 0.6) is 0 Å². The van der Waals surface area contributed by atoms with Gasteiger partial charge in [0.25, 0.3) is 0 Å². The Kier molecular flexibility index (Phi) is 2.46. The van der Waals surface area contributed by atoms with Crippen molar-refractivity contribution in [1.29, 1.82) is 0 Å². The maximum atomic E-state index is 5.42. The molecule has 0 unspecified atom stereocenters. The Bertz CT molecular complexity index is 851. The molecule has 88 valence electrons. The highest BCUT2D eigenvalue weighted by atomic mass is 35.5. The fraction of sp³-hybridized carbons (Fsp3) is 0. The van der Waals surface area contributed by atoms with Crippen LogP contribution in [-0.2, 0) is 0 Å². The lowest BCUT2D eigenvalue weighted by Gasteiger charge is -2.02. The number of nitrogens with zero attached hydrogens (tertiary/aromatic N) is 1. The number of furan rings is 1. The Morgan fingerprint density at radius 2 is 1.83 bits per heavy atom. The summed E-state index contributed by atoms with van der Waals surface area (Å²) in [6.45, 7) is 0. The number of halogens is 1. The van der Waals surface area contributed by atoms with Crippen molar-refractivity contribution in [2.24, 2.45) is 0 Å². The van der Waals surface area contributed by atoms with Crippen LogP contribution in [0.4, 0.5) is 0 Å². The van der Waals surface area contributed by atoms with Gasteiger partial charge < -0.3 is 4.42 Å². The fourth-order valence-electron chi connectivity index (χ4n) is 2.35. The van der Waals surface area contributed by atoms with Gasteiger partial charge >= 0.3 is 0 Å². The normalized spacial score (nSPS) is 10.9. The molecular formula is C15H10ClNO. The summed E-state index contributed by atoms with van der Waals surface area (Å²) in [5.41, 5.74) is 1.96. The van der Waals surface area contributed by atoms with Crippen molar-refractivity contribution in [3.8, 4) is 0 Å². The highest BCUT2D eigenvalue weighted by molar-refractivity contribution is 6.10. The number of aromatic nitrogens is 1. The van der Waals surface area contributed by atoms with Crippen molar-refractivity contribution in [2.45, 2.75) is 0 Å². The summed E-state index contributed by atoms with van der Waals surface area (Å²) in [7, 11) is 0. The Morgan fingerprint density at radius 3 is 2.78 bits per heavy atom. The first-order valence-electron chi connectivity index (χ1n) is 5.56. The third kappa shape index (κ3) is 1.46. The molecule has 4 aromatic rings. The molecule has 0 radical (unpaired) electrons. The SMILES string of the molecule is Cl.c1cnc2cc3ccc4occc4c3cc2c1. The molecule has 18 heavy (non-hydrogen) atoms. The van der Waals surface area contributed by atoms with E-state index >= 15 is 0 Å². The Labute approximate surface area is 110 Å². The van der Waals surface area contributed by atoms with E-state index in [0.717, 1.165) is 21.9 Å². The van der Waals surface area contributed by atoms with Gasteiger partial charge in [-0.05, 0) is 41.1 Å². The Hall–Kier alpha value is -2.06. The largest absolute Gasteiger partial charge is 0.464 e. The van der Waals surface area contributed by atoms with Gasteiger partial charge in [0.2, 0.25) is 0 Å². The summed E-state index contributed by atoms with van der Waals surface area (Å²) >= 11 is 0. The molecular weight excluding hydrogens is 246 g/mol. The van der Waals surface area contributed by atoms with Gasteiger partial charge in [-0.2, -0.15) is 0 Å². The van der Waals surface area contributed by atoms with Crippen LogP contribution in [0.25, 0.3) is 32.6 Å². The Balaban J connectivity index is 0.000001000. The molecule has 0 aliphatic carbocycles. The predicted molar refractivity (Wildman–Crippen MR) is 76.3 cm³/mol. The molecule has 0 aliphatic rings. The van der Waals surface area contributed by atoms with Gasteiger partial charge in [0.15, 0.2) is 0 Å². The van der Waals surface area contributed by atoms with Gasteiger partial charge in [0, 0.05) is 17.0 Å². The molecule has 2 aromatic carbocycles. The molecule has 0 amide bonds. The first-order chi connectivity index (χ1) is 8.42. The predicted octanol–water partition coefficient (Wildman–Crippen LogP) is 4.56. The molecule has 0 atom stereocenters. The molecule has 0 N–H and O–H groups in total. The second-order valence-corrected chi connectivity index (χ2v) is 4.17. The van der Waals surface area contributed by atoms with E-state index in [1.165, 1.54) is 10.8 Å². The van der Waals surface area contributed by atoms with Crippen LogP contribution in [0.1, 0.15) is 0 Å². The lowest BCUT2D eigenvalue weighted by atomic mass is 10.0. The smallest absolute Gasteiger partial charge is 0.134 e. The summed E-state index contributed by atoms with van der Waals surface area (Å²) in [5, 5.41) is 4.74. The van der Waals surface area contributed by atoms with Crippen molar-refractivity contribution < 1.29 is 4.42 Å². The minimum atomic E-state index is 0. The van der Waals surface area contributed by atoms with E-state index in [-0.39, 0.29) is 12.4 Å². The van der Waals surface area contributed by atoms with Gasteiger partial charge in [0.05, 0.1) is 11.8 Å². The second kappa shape index (κ2) is 4.00. The van der Waals surface area contributed by atoms with Crippen molar-refractivity contribution in [2.75, 3.05) is 0 Å². The Morgan fingerprint density at radius 1 is 0.889 bits per heavy atom. The van der Waals surface area contributed by atoms with Crippen molar-refractivity contribution in [1.82, 2.24) is 4.98 Å². The van der Waals surface area contributed by atoms with Gasteiger partial charge in [-0.3, -0.25) is 4.98 Å². The van der Waals surface area contributed by atoms with E-state index in [1.807, 2.05) is 24.4 Å². The number of fused-ring (bicyclic) bond motifs is 4. The van der Waals surface area contributed by atoms with Crippen LogP contribution in [0.3, 0.4) is 0 Å². The minimum absolute atomic E-state index is 0. The average Bonchev–Trinajstić information content (AvgIpc) is 2.85. The zero-order chi connectivity index (χ0) is 11.2. The van der Waals surface area contributed by atoms with Crippen molar-refractivity contribution in [3.63, 3.8) is 0 Å². The van der Waals surface area contributed by atoms with Crippen LogP contribution < -0.4 is 0 Å². The molecule has 0 saturated heterocycles. The molecule has 0 aliphatic heterocycles. The van der Waals surface area contributed by atoms with Crippen LogP contribution in [-0.4, -0.2) is 4.98 Å². The molecule has 0 spiro atoms. The quantitative estimate of drug-likeness (QED) is 0.431.